The van der Waals surface area contributed by atoms with E-state index in [2.05, 4.69) is 12.2 Å². The summed E-state index contributed by atoms with van der Waals surface area (Å²) < 4.78 is 0. The minimum Gasteiger partial charge on any atom is -0.385 e. The fourth-order valence-corrected chi connectivity index (χ4v) is 3.37. The Balaban J connectivity index is 2.24. The Morgan fingerprint density at radius 2 is 2.32 bits per heavy atom. The Hall–Kier alpha value is -1.16. The minimum atomic E-state index is 0.159. The van der Waals surface area contributed by atoms with Crippen molar-refractivity contribution in [2.45, 2.75) is 26.0 Å². The number of hydrogen-bond acceptors (Lipinski definition) is 3. The second-order valence-electron chi connectivity index (χ2n) is 5.01. The molecule has 1 heterocycles. The van der Waals surface area contributed by atoms with Crippen LogP contribution in [0.25, 0.3) is 0 Å². The van der Waals surface area contributed by atoms with Crippen molar-refractivity contribution in [3.63, 3.8) is 0 Å². The van der Waals surface area contributed by atoms with Crippen molar-refractivity contribution in [3.8, 4) is 0 Å². The lowest BCUT2D eigenvalue weighted by Gasteiger charge is -2.31. The van der Waals surface area contributed by atoms with Gasteiger partial charge in [-0.1, -0.05) is 18.6 Å². The first-order valence-electron chi connectivity index (χ1n) is 6.87. The number of hydrogen-bond donors (Lipinski definition) is 1. The number of carbonyl (C=O) groups is 1. The van der Waals surface area contributed by atoms with Crippen LogP contribution in [0.4, 0.5) is 5.69 Å². The van der Waals surface area contributed by atoms with Crippen LogP contribution in [0.1, 0.15) is 29.8 Å². The van der Waals surface area contributed by atoms with E-state index in [4.69, 9.17) is 0 Å². The molecular formula is C15H22N2OS. The van der Waals surface area contributed by atoms with Crippen LogP contribution in [0.5, 0.6) is 0 Å². The first kappa shape index (κ1) is 14.3. The van der Waals surface area contributed by atoms with Crippen molar-refractivity contribution in [2.24, 2.45) is 0 Å². The van der Waals surface area contributed by atoms with Crippen LogP contribution in [0.3, 0.4) is 0 Å². The van der Waals surface area contributed by atoms with Crippen LogP contribution in [0.2, 0.25) is 0 Å². The summed E-state index contributed by atoms with van der Waals surface area (Å²) in [5.41, 5.74) is 2.88. The number of nitrogens with one attached hydrogen (secondary N) is 1. The van der Waals surface area contributed by atoms with Gasteiger partial charge in [-0.2, -0.15) is 11.8 Å². The molecule has 1 aromatic rings. The van der Waals surface area contributed by atoms with Gasteiger partial charge in [-0.25, -0.2) is 0 Å². The highest BCUT2D eigenvalue weighted by Gasteiger charge is 2.24. The highest BCUT2D eigenvalue weighted by Crippen LogP contribution is 2.23. The first-order chi connectivity index (χ1) is 9.11. The molecular weight excluding hydrogens is 256 g/mol. The molecule has 4 heteroatoms. The molecule has 1 atom stereocenters. The lowest BCUT2D eigenvalue weighted by atomic mass is 10.1. The lowest BCUT2D eigenvalue weighted by molar-refractivity contribution is 0.0764. The van der Waals surface area contributed by atoms with Crippen LogP contribution >= 0.6 is 11.8 Å². The summed E-state index contributed by atoms with van der Waals surface area (Å²) in [5, 5.41) is 3.81. The van der Waals surface area contributed by atoms with Crippen molar-refractivity contribution in [2.75, 3.05) is 30.7 Å². The summed E-state index contributed by atoms with van der Waals surface area (Å²) in [6.45, 7) is 8.80. The van der Waals surface area contributed by atoms with Gasteiger partial charge in [-0.05, 0) is 26.0 Å². The van der Waals surface area contributed by atoms with Crippen molar-refractivity contribution >= 4 is 23.4 Å². The second-order valence-corrected chi connectivity index (χ2v) is 6.56. The monoisotopic (exact) mass is 278 g/mol. The molecule has 0 aromatic heterocycles. The Morgan fingerprint density at radius 1 is 1.53 bits per heavy atom. The number of carbonyl (C=O) groups excluding carboxylic acids is 1. The average Bonchev–Trinajstić information content (AvgIpc) is 2.40. The van der Waals surface area contributed by atoms with Crippen molar-refractivity contribution in [1.29, 1.82) is 0 Å². The number of aryl methyl sites for hydroxylation is 1. The predicted octanol–water partition coefficient (Wildman–Crippen LogP) is 3.00. The number of benzene rings is 1. The van der Waals surface area contributed by atoms with Crippen molar-refractivity contribution in [3.05, 3.63) is 29.3 Å². The Labute approximate surface area is 119 Å². The number of nitrogens with zero attached hydrogens (tertiary/aromatic N) is 1. The molecule has 19 heavy (non-hydrogen) atoms. The summed E-state index contributed by atoms with van der Waals surface area (Å²) in [4.78, 5) is 14.7. The molecule has 0 saturated carbocycles. The first-order valence-corrected chi connectivity index (χ1v) is 7.92. The van der Waals surface area contributed by atoms with E-state index in [1.807, 2.05) is 48.7 Å². The van der Waals surface area contributed by atoms with E-state index in [1.54, 1.807) is 0 Å². The molecule has 1 saturated heterocycles. The fourth-order valence-electron chi connectivity index (χ4n) is 2.35. The van der Waals surface area contributed by atoms with E-state index >= 15 is 0 Å². The van der Waals surface area contributed by atoms with Crippen LogP contribution in [0, 0.1) is 6.92 Å². The van der Waals surface area contributed by atoms with Crippen LogP contribution < -0.4 is 5.32 Å². The van der Waals surface area contributed by atoms with E-state index < -0.39 is 0 Å². The number of rotatable bonds is 3. The number of anilines is 1. The second kappa shape index (κ2) is 6.33. The van der Waals surface area contributed by atoms with Gasteiger partial charge in [0.1, 0.15) is 0 Å². The smallest absolute Gasteiger partial charge is 0.256 e. The summed E-state index contributed by atoms with van der Waals surface area (Å²) in [6.07, 6.45) is 0. The topological polar surface area (TPSA) is 32.3 Å². The van der Waals surface area contributed by atoms with E-state index in [-0.39, 0.29) is 5.91 Å². The summed E-state index contributed by atoms with van der Waals surface area (Å²) >= 11 is 1.94. The molecule has 1 unspecified atom stereocenters. The molecule has 0 radical (unpaired) electrons. The van der Waals surface area contributed by atoms with Crippen LogP contribution in [-0.4, -0.2) is 41.4 Å². The highest BCUT2D eigenvalue weighted by molar-refractivity contribution is 7.99. The maximum Gasteiger partial charge on any atom is 0.256 e. The van der Waals surface area contributed by atoms with Crippen molar-refractivity contribution < 1.29 is 4.79 Å². The molecule has 3 nitrogen and oxygen atoms in total. The Kier molecular flexibility index (Phi) is 4.75. The van der Waals surface area contributed by atoms with Gasteiger partial charge in [0.05, 0.1) is 5.56 Å². The molecule has 0 spiro atoms. The standard InChI is InChI=1S/C15H22N2OS/c1-4-16-14-6-5-11(2)9-13(14)15(18)17-7-8-19-12(3)10-17/h5-6,9,12,16H,4,7-8,10H2,1-3H3. The number of amides is 1. The van der Waals surface area contributed by atoms with Gasteiger partial charge >= 0.3 is 0 Å². The van der Waals surface area contributed by atoms with E-state index in [1.165, 1.54) is 0 Å². The largest absolute Gasteiger partial charge is 0.385 e. The van der Waals surface area contributed by atoms with Gasteiger partial charge in [0, 0.05) is 36.3 Å². The Morgan fingerprint density at radius 3 is 3.00 bits per heavy atom. The number of thioether (sulfide) groups is 1. The van der Waals surface area contributed by atoms with E-state index in [0.717, 1.165) is 42.2 Å². The summed E-state index contributed by atoms with van der Waals surface area (Å²) in [6, 6.07) is 6.05. The van der Waals surface area contributed by atoms with Crippen molar-refractivity contribution in [1.82, 2.24) is 4.90 Å². The molecule has 0 bridgehead atoms. The Bertz CT molecular complexity index is 461. The van der Waals surface area contributed by atoms with E-state index in [9.17, 15) is 4.79 Å². The highest BCUT2D eigenvalue weighted by atomic mass is 32.2. The van der Waals surface area contributed by atoms with Crippen LogP contribution in [-0.2, 0) is 0 Å². The maximum absolute atomic E-state index is 12.7. The zero-order valence-corrected chi connectivity index (χ0v) is 12.7. The third-order valence-corrected chi connectivity index (χ3v) is 4.44. The molecule has 1 fully saturated rings. The summed E-state index contributed by atoms with van der Waals surface area (Å²) in [5.74, 6) is 1.20. The summed E-state index contributed by atoms with van der Waals surface area (Å²) in [7, 11) is 0. The molecule has 1 N–H and O–H groups in total. The fraction of sp³-hybridized carbons (Fsp3) is 0.533. The van der Waals surface area contributed by atoms with Crippen LogP contribution in [0.15, 0.2) is 18.2 Å². The molecule has 1 aliphatic heterocycles. The van der Waals surface area contributed by atoms with Gasteiger partial charge in [-0.3, -0.25) is 4.79 Å². The predicted molar refractivity (Wildman–Crippen MR) is 83.2 cm³/mol. The third kappa shape index (κ3) is 3.44. The average molecular weight is 278 g/mol. The van der Waals surface area contributed by atoms with E-state index in [0.29, 0.717) is 5.25 Å². The molecule has 1 aliphatic rings. The SMILES string of the molecule is CCNc1ccc(C)cc1C(=O)N1CCSC(C)C1. The molecule has 2 rings (SSSR count). The van der Waals surface area contributed by atoms with Gasteiger partial charge in [0.15, 0.2) is 0 Å². The minimum absolute atomic E-state index is 0.159. The molecule has 1 aromatic carbocycles. The lowest BCUT2D eigenvalue weighted by Crippen LogP contribution is -2.41. The van der Waals surface area contributed by atoms with Gasteiger partial charge in [-0.15, -0.1) is 0 Å². The quantitative estimate of drug-likeness (QED) is 0.922. The normalized spacial score (nSPS) is 19.3. The van der Waals surface area contributed by atoms with Gasteiger partial charge in [0.25, 0.3) is 5.91 Å². The third-order valence-electron chi connectivity index (χ3n) is 3.30. The molecule has 0 aliphatic carbocycles. The molecule has 1 amide bonds. The zero-order valence-electron chi connectivity index (χ0n) is 11.9. The van der Waals surface area contributed by atoms with Gasteiger partial charge < -0.3 is 10.2 Å². The maximum atomic E-state index is 12.7. The van der Waals surface area contributed by atoms with Gasteiger partial charge in [0.2, 0.25) is 0 Å². The zero-order chi connectivity index (χ0) is 13.8. The molecule has 104 valence electrons.